The highest BCUT2D eigenvalue weighted by atomic mass is 16.7. The van der Waals surface area contributed by atoms with Crippen LogP contribution in [-0.2, 0) is 9.47 Å². The van der Waals surface area contributed by atoms with Crippen LogP contribution in [0, 0.1) is 0 Å². The normalized spacial score (nSPS) is 13.2. The van der Waals surface area contributed by atoms with Crippen molar-refractivity contribution in [1.29, 1.82) is 0 Å². The monoisotopic (exact) mass is 195 g/mol. The first-order valence-corrected chi connectivity index (χ1v) is 4.60. The quantitative estimate of drug-likeness (QED) is 0.747. The molecule has 0 aliphatic rings. The van der Waals surface area contributed by atoms with Crippen LogP contribution < -0.4 is 5.73 Å². The van der Waals surface area contributed by atoms with Gasteiger partial charge in [0.05, 0.1) is 0 Å². The maximum Gasteiger partial charge on any atom is 0.183 e. The van der Waals surface area contributed by atoms with E-state index in [4.69, 9.17) is 15.2 Å². The van der Waals surface area contributed by atoms with E-state index in [1.165, 1.54) is 0 Å². The molecule has 0 aliphatic carbocycles. The van der Waals surface area contributed by atoms with Gasteiger partial charge < -0.3 is 15.2 Å². The average Bonchev–Trinajstić information content (AvgIpc) is 2.20. The SMILES string of the molecule is COC(OC)c1ccc(C(C)N)cc1. The summed E-state index contributed by atoms with van der Waals surface area (Å²) in [4.78, 5) is 0. The van der Waals surface area contributed by atoms with Crippen LogP contribution in [0.25, 0.3) is 0 Å². The number of benzene rings is 1. The van der Waals surface area contributed by atoms with E-state index in [1.54, 1.807) is 14.2 Å². The Hall–Kier alpha value is -0.900. The van der Waals surface area contributed by atoms with Gasteiger partial charge in [-0.25, -0.2) is 0 Å². The molecule has 1 unspecified atom stereocenters. The number of rotatable bonds is 4. The zero-order valence-corrected chi connectivity index (χ0v) is 8.86. The molecule has 0 aliphatic heterocycles. The maximum absolute atomic E-state index is 5.74. The number of nitrogens with two attached hydrogens (primary N) is 1. The molecule has 3 heteroatoms. The van der Waals surface area contributed by atoms with Gasteiger partial charge in [-0.05, 0) is 12.5 Å². The third kappa shape index (κ3) is 2.54. The van der Waals surface area contributed by atoms with Gasteiger partial charge >= 0.3 is 0 Å². The zero-order valence-electron chi connectivity index (χ0n) is 8.86. The summed E-state index contributed by atoms with van der Waals surface area (Å²) in [7, 11) is 3.24. The number of methoxy groups -OCH3 is 2. The van der Waals surface area contributed by atoms with Crippen molar-refractivity contribution in [3.8, 4) is 0 Å². The van der Waals surface area contributed by atoms with Crippen molar-refractivity contribution < 1.29 is 9.47 Å². The van der Waals surface area contributed by atoms with Crippen molar-refractivity contribution in [2.75, 3.05) is 14.2 Å². The van der Waals surface area contributed by atoms with E-state index in [9.17, 15) is 0 Å². The molecule has 0 aromatic heterocycles. The molecule has 2 N–H and O–H groups in total. The highest BCUT2D eigenvalue weighted by Crippen LogP contribution is 2.19. The van der Waals surface area contributed by atoms with E-state index < -0.39 is 0 Å². The first-order chi connectivity index (χ1) is 6.69. The lowest BCUT2D eigenvalue weighted by atomic mass is 10.1. The lowest BCUT2D eigenvalue weighted by molar-refractivity contribution is -0.106. The Labute approximate surface area is 84.8 Å². The van der Waals surface area contributed by atoms with Crippen molar-refractivity contribution in [2.24, 2.45) is 5.73 Å². The Morgan fingerprint density at radius 1 is 1.00 bits per heavy atom. The molecule has 14 heavy (non-hydrogen) atoms. The molecule has 0 saturated heterocycles. The van der Waals surface area contributed by atoms with Crippen LogP contribution in [0.4, 0.5) is 0 Å². The van der Waals surface area contributed by atoms with Crippen molar-refractivity contribution in [1.82, 2.24) is 0 Å². The third-order valence-electron chi connectivity index (χ3n) is 2.16. The fraction of sp³-hybridized carbons (Fsp3) is 0.455. The molecule has 0 fully saturated rings. The van der Waals surface area contributed by atoms with Gasteiger partial charge in [0.15, 0.2) is 6.29 Å². The summed E-state index contributed by atoms with van der Waals surface area (Å²) in [6.07, 6.45) is -0.294. The number of hydrogen-bond acceptors (Lipinski definition) is 3. The standard InChI is InChI=1S/C11H17NO2/c1-8(12)9-4-6-10(7-5-9)11(13-2)14-3/h4-8,11H,12H2,1-3H3. The van der Waals surface area contributed by atoms with Gasteiger partial charge in [0.2, 0.25) is 0 Å². The second-order valence-electron chi connectivity index (χ2n) is 3.26. The summed E-state index contributed by atoms with van der Waals surface area (Å²) in [6, 6.07) is 7.98. The van der Waals surface area contributed by atoms with Gasteiger partial charge in [-0.3, -0.25) is 0 Å². The minimum Gasteiger partial charge on any atom is -0.352 e. The largest absolute Gasteiger partial charge is 0.352 e. The summed E-state index contributed by atoms with van der Waals surface area (Å²) in [5, 5.41) is 0. The molecule has 1 aromatic rings. The van der Waals surface area contributed by atoms with Crippen LogP contribution in [0.3, 0.4) is 0 Å². The fourth-order valence-corrected chi connectivity index (χ4v) is 1.33. The number of hydrogen-bond donors (Lipinski definition) is 1. The van der Waals surface area contributed by atoms with Crippen LogP contribution in [-0.4, -0.2) is 14.2 Å². The first-order valence-electron chi connectivity index (χ1n) is 4.60. The van der Waals surface area contributed by atoms with E-state index >= 15 is 0 Å². The third-order valence-corrected chi connectivity index (χ3v) is 2.16. The summed E-state index contributed by atoms with van der Waals surface area (Å²) in [6.45, 7) is 1.96. The fourth-order valence-electron chi connectivity index (χ4n) is 1.33. The molecule has 1 atom stereocenters. The van der Waals surface area contributed by atoms with E-state index in [1.807, 2.05) is 31.2 Å². The molecule has 0 radical (unpaired) electrons. The summed E-state index contributed by atoms with van der Waals surface area (Å²) in [5.74, 6) is 0. The highest BCUT2D eigenvalue weighted by Gasteiger charge is 2.08. The number of ether oxygens (including phenoxy) is 2. The van der Waals surface area contributed by atoms with Crippen LogP contribution in [0.5, 0.6) is 0 Å². The highest BCUT2D eigenvalue weighted by molar-refractivity contribution is 5.25. The molecule has 1 aromatic carbocycles. The average molecular weight is 195 g/mol. The Bertz CT molecular complexity index is 265. The summed E-state index contributed by atoms with van der Waals surface area (Å²) in [5.41, 5.74) is 7.85. The molecule has 0 spiro atoms. The van der Waals surface area contributed by atoms with Crippen LogP contribution in [0.15, 0.2) is 24.3 Å². The topological polar surface area (TPSA) is 44.5 Å². The van der Waals surface area contributed by atoms with E-state index in [2.05, 4.69) is 0 Å². The van der Waals surface area contributed by atoms with Gasteiger partial charge in [0.1, 0.15) is 0 Å². The minimum absolute atomic E-state index is 0.0626. The van der Waals surface area contributed by atoms with Gasteiger partial charge in [0.25, 0.3) is 0 Å². The molecule has 0 saturated carbocycles. The Balaban J connectivity index is 2.81. The van der Waals surface area contributed by atoms with Gasteiger partial charge in [-0.15, -0.1) is 0 Å². The second kappa shape index (κ2) is 5.10. The van der Waals surface area contributed by atoms with Gasteiger partial charge in [-0.1, -0.05) is 24.3 Å². The molecule has 1 rings (SSSR count). The van der Waals surface area contributed by atoms with E-state index in [0.717, 1.165) is 11.1 Å². The Kier molecular flexibility index (Phi) is 4.07. The first kappa shape index (κ1) is 11.2. The molecule has 78 valence electrons. The summed E-state index contributed by atoms with van der Waals surface area (Å²) < 4.78 is 10.3. The van der Waals surface area contributed by atoms with Crippen LogP contribution >= 0.6 is 0 Å². The smallest absolute Gasteiger partial charge is 0.183 e. The van der Waals surface area contributed by atoms with Crippen molar-refractivity contribution in [3.05, 3.63) is 35.4 Å². The molecule has 0 amide bonds. The molecule has 0 bridgehead atoms. The van der Waals surface area contributed by atoms with Crippen LogP contribution in [0.2, 0.25) is 0 Å². The lowest BCUT2D eigenvalue weighted by Gasteiger charge is -2.14. The molecular weight excluding hydrogens is 178 g/mol. The zero-order chi connectivity index (χ0) is 10.6. The van der Waals surface area contributed by atoms with Gasteiger partial charge in [0, 0.05) is 25.8 Å². The van der Waals surface area contributed by atoms with E-state index in [-0.39, 0.29) is 12.3 Å². The maximum atomic E-state index is 5.74. The van der Waals surface area contributed by atoms with E-state index in [0.29, 0.717) is 0 Å². The predicted octanol–water partition coefficient (Wildman–Crippen LogP) is 2.00. The Morgan fingerprint density at radius 3 is 1.79 bits per heavy atom. The molecular formula is C11H17NO2. The molecule has 3 nitrogen and oxygen atoms in total. The van der Waals surface area contributed by atoms with Crippen LogP contribution in [0.1, 0.15) is 30.4 Å². The van der Waals surface area contributed by atoms with Crippen molar-refractivity contribution in [3.63, 3.8) is 0 Å². The predicted molar refractivity (Wildman–Crippen MR) is 55.8 cm³/mol. The van der Waals surface area contributed by atoms with Crippen molar-refractivity contribution in [2.45, 2.75) is 19.3 Å². The Morgan fingerprint density at radius 2 is 1.43 bits per heavy atom. The minimum atomic E-state index is -0.294. The second-order valence-corrected chi connectivity index (χ2v) is 3.26. The molecule has 0 heterocycles. The lowest BCUT2D eigenvalue weighted by Crippen LogP contribution is -2.07. The summed E-state index contributed by atoms with van der Waals surface area (Å²) >= 11 is 0. The van der Waals surface area contributed by atoms with Crippen molar-refractivity contribution >= 4 is 0 Å². The van der Waals surface area contributed by atoms with Gasteiger partial charge in [-0.2, -0.15) is 0 Å².